The van der Waals surface area contributed by atoms with E-state index in [2.05, 4.69) is 21.2 Å². The lowest BCUT2D eigenvalue weighted by molar-refractivity contribution is -0.150. The van der Waals surface area contributed by atoms with Crippen LogP contribution in [-0.4, -0.2) is 78.0 Å². The number of halogens is 1. The fraction of sp³-hybridized carbons (Fsp3) is 0.476. The van der Waals surface area contributed by atoms with Crippen LogP contribution >= 0.6 is 15.9 Å². The highest BCUT2D eigenvalue weighted by Crippen LogP contribution is 2.27. The Morgan fingerprint density at radius 3 is 2.65 bits per heavy atom. The molecule has 168 valence electrons. The molecule has 4 unspecified atom stereocenters. The quantitative estimate of drug-likeness (QED) is 0.514. The molecule has 1 aromatic rings. The highest BCUT2D eigenvalue weighted by Gasteiger charge is 2.40. The van der Waals surface area contributed by atoms with Crippen LogP contribution < -0.4 is 10.1 Å². The van der Waals surface area contributed by atoms with Crippen molar-refractivity contribution in [3.8, 4) is 5.75 Å². The normalized spacial score (nSPS) is 25.6. The summed E-state index contributed by atoms with van der Waals surface area (Å²) in [7, 11) is 2.75. The number of carbonyl (C=O) groups is 3. The lowest BCUT2D eigenvalue weighted by Crippen LogP contribution is -2.51. The van der Waals surface area contributed by atoms with Gasteiger partial charge < -0.3 is 29.9 Å². The van der Waals surface area contributed by atoms with E-state index in [9.17, 15) is 24.6 Å². The van der Waals surface area contributed by atoms with Crippen molar-refractivity contribution in [1.29, 1.82) is 0 Å². The second kappa shape index (κ2) is 9.80. The van der Waals surface area contributed by atoms with E-state index in [-0.39, 0.29) is 17.6 Å². The van der Waals surface area contributed by atoms with Gasteiger partial charge in [0.25, 0.3) is 5.91 Å². The number of hydrogen-bond donors (Lipinski definition) is 3. The van der Waals surface area contributed by atoms with Crippen LogP contribution in [0.15, 0.2) is 34.3 Å². The maximum absolute atomic E-state index is 13.0. The maximum Gasteiger partial charge on any atom is 0.328 e. The molecule has 1 heterocycles. The molecule has 1 saturated heterocycles. The number of nitrogens with one attached hydrogen (secondary N) is 1. The summed E-state index contributed by atoms with van der Waals surface area (Å²) in [4.78, 5) is 39.2. The molecule has 1 aliphatic heterocycles. The molecule has 0 saturated carbocycles. The van der Waals surface area contributed by atoms with Crippen LogP contribution in [0.5, 0.6) is 5.75 Å². The number of rotatable bonds is 5. The van der Waals surface area contributed by atoms with Crippen molar-refractivity contribution >= 4 is 33.7 Å². The Kier molecular flexibility index (Phi) is 7.34. The number of aliphatic hydroxyl groups excluding tert-OH is 2. The molecule has 3 N–H and O–H groups in total. The van der Waals surface area contributed by atoms with Crippen LogP contribution in [0.25, 0.3) is 0 Å². The average molecular weight is 497 g/mol. The van der Waals surface area contributed by atoms with Crippen LogP contribution in [0.2, 0.25) is 0 Å². The number of aliphatic hydroxyl groups is 2. The third-order valence-corrected chi connectivity index (χ3v) is 6.24. The van der Waals surface area contributed by atoms with E-state index in [1.54, 1.807) is 12.1 Å². The summed E-state index contributed by atoms with van der Waals surface area (Å²) >= 11 is 3.31. The van der Waals surface area contributed by atoms with E-state index in [1.165, 1.54) is 31.3 Å². The van der Waals surface area contributed by atoms with Gasteiger partial charge in [0.2, 0.25) is 5.91 Å². The first-order valence-corrected chi connectivity index (χ1v) is 10.7. The molecule has 0 aromatic heterocycles. The second-order valence-corrected chi connectivity index (χ2v) is 8.33. The number of nitrogens with zero attached hydrogens (tertiary/aromatic N) is 1. The van der Waals surface area contributed by atoms with E-state index < -0.39 is 42.1 Å². The molecule has 0 spiro atoms. The van der Waals surface area contributed by atoms with Crippen molar-refractivity contribution in [3.05, 3.63) is 39.9 Å². The minimum Gasteiger partial charge on any atom is -0.497 e. The number of likely N-dealkylation sites (tertiary alicyclic amines) is 1. The molecule has 2 amide bonds. The van der Waals surface area contributed by atoms with E-state index in [4.69, 9.17) is 9.47 Å². The molecule has 1 fully saturated rings. The highest BCUT2D eigenvalue weighted by atomic mass is 79.9. The smallest absolute Gasteiger partial charge is 0.328 e. The summed E-state index contributed by atoms with van der Waals surface area (Å²) < 4.78 is 10.4. The number of hydrogen-bond acceptors (Lipinski definition) is 7. The van der Waals surface area contributed by atoms with Gasteiger partial charge in [0.1, 0.15) is 17.9 Å². The molecular weight excluding hydrogens is 472 g/mol. The number of amides is 2. The monoisotopic (exact) mass is 496 g/mol. The molecule has 9 nitrogen and oxygen atoms in total. The van der Waals surface area contributed by atoms with Gasteiger partial charge in [0, 0.05) is 23.0 Å². The Morgan fingerprint density at radius 2 is 1.97 bits per heavy atom. The van der Waals surface area contributed by atoms with Gasteiger partial charge in [0.05, 0.1) is 31.9 Å². The fourth-order valence-electron chi connectivity index (χ4n) is 3.86. The molecule has 2 aliphatic rings. The van der Waals surface area contributed by atoms with Crippen LogP contribution in [0.3, 0.4) is 0 Å². The van der Waals surface area contributed by atoms with Crippen molar-refractivity contribution < 1.29 is 34.1 Å². The summed E-state index contributed by atoms with van der Waals surface area (Å²) in [6.07, 6.45) is -0.0191. The summed E-state index contributed by atoms with van der Waals surface area (Å²) in [6.45, 7) is 0.391. The van der Waals surface area contributed by atoms with Crippen molar-refractivity contribution in [2.45, 2.75) is 43.6 Å². The summed E-state index contributed by atoms with van der Waals surface area (Å²) in [6, 6.07) is 3.21. The van der Waals surface area contributed by atoms with Gasteiger partial charge in [-0.25, -0.2) is 4.79 Å². The Balaban J connectivity index is 1.82. The minimum atomic E-state index is -1.29. The summed E-state index contributed by atoms with van der Waals surface area (Å²) in [5.41, 5.74) is 0.502. The van der Waals surface area contributed by atoms with Gasteiger partial charge in [-0.3, -0.25) is 9.59 Å². The number of esters is 1. The zero-order chi connectivity index (χ0) is 22.7. The number of methoxy groups -OCH3 is 2. The average Bonchev–Trinajstić information content (AvgIpc) is 3.25. The highest BCUT2D eigenvalue weighted by molar-refractivity contribution is 9.10. The van der Waals surface area contributed by atoms with E-state index >= 15 is 0 Å². The second-order valence-electron chi connectivity index (χ2n) is 7.48. The Labute approximate surface area is 188 Å². The van der Waals surface area contributed by atoms with Gasteiger partial charge in [-0.2, -0.15) is 0 Å². The van der Waals surface area contributed by atoms with Gasteiger partial charge in [-0.15, -0.1) is 0 Å². The Hall–Kier alpha value is -2.43. The van der Waals surface area contributed by atoms with Crippen LogP contribution in [0, 0.1) is 0 Å². The lowest BCUT2D eigenvalue weighted by atomic mass is 9.89. The SMILES string of the molecule is COC(=O)C1CCCN1C(=O)C1=CC(NC(=O)c2cc(OC)ccc2Br)C(O)C(O)C1. The number of benzene rings is 1. The molecule has 31 heavy (non-hydrogen) atoms. The van der Waals surface area contributed by atoms with E-state index in [0.717, 1.165) is 0 Å². The molecule has 1 aliphatic carbocycles. The van der Waals surface area contributed by atoms with Crippen LogP contribution in [0.1, 0.15) is 29.6 Å². The standard InChI is InChI=1S/C21H25BrN2O7/c1-30-12-5-6-14(22)13(10-12)19(27)23-15-8-11(9-17(25)18(15)26)20(28)24-7-3-4-16(24)21(29)31-2/h5-6,8,10,15-18,25-26H,3-4,7,9H2,1-2H3,(H,23,27). The van der Waals surface area contributed by atoms with E-state index in [1.807, 2.05) is 0 Å². The number of ether oxygens (including phenoxy) is 2. The summed E-state index contributed by atoms with van der Waals surface area (Å²) in [5.74, 6) is -0.941. The molecule has 4 atom stereocenters. The van der Waals surface area contributed by atoms with Gasteiger partial charge in [-0.05, 0) is 47.0 Å². The first kappa shape index (κ1) is 23.2. The van der Waals surface area contributed by atoms with Crippen molar-refractivity contribution in [2.24, 2.45) is 0 Å². The van der Waals surface area contributed by atoms with Crippen molar-refractivity contribution in [3.63, 3.8) is 0 Å². The maximum atomic E-state index is 13.0. The molecular formula is C21H25BrN2O7. The first-order chi connectivity index (χ1) is 14.8. The predicted molar refractivity (Wildman–Crippen MR) is 113 cm³/mol. The van der Waals surface area contributed by atoms with Crippen LogP contribution in [0.4, 0.5) is 0 Å². The topological polar surface area (TPSA) is 125 Å². The Morgan fingerprint density at radius 1 is 1.23 bits per heavy atom. The molecule has 0 bridgehead atoms. The molecule has 0 radical (unpaired) electrons. The zero-order valence-corrected chi connectivity index (χ0v) is 18.8. The molecule has 3 rings (SSSR count). The number of carbonyl (C=O) groups excluding carboxylic acids is 3. The summed E-state index contributed by atoms with van der Waals surface area (Å²) in [5, 5.41) is 23.4. The lowest BCUT2D eigenvalue weighted by Gasteiger charge is -2.33. The first-order valence-electron chi connectivity index (χ1n) is 9.86. The third-order valence-electron chi connectivity index (χ3n) is 5.55. The predicted octanol–water partition coefficient (Wildman–Crippen LogP) is 0.772. The molecule has 10 heteroatoms. The third kappa shape index (κ3) is 4.91. The van der Waals surface area contributed by atoms with Crippen molar-refractivity contribution in [1.82, 2.24) is 10.2 Å². The largest absolute Gasteiger partial charge is 0.497 e. The van der Waals surface area contributed by atoms with Crippen molar-refractivity contribution in [2.75, 3.05) is 20.8 Å². The van der Waals surface area contributed by atoms with Gasteiger partial charge in [-0.1, -0.05) is 6.08 Å². The van der Waals surface area contributed by atoms with Gasteiger partial charge in [0.15, 0.2) is 0 Å². The zero-order valence-electron chi connectivity index (χ0n) is 17.2. The van der Waals surface area contributed by atoms with Crippen LogP contribution in [-0.2, 0) is 14.3 Å². The van der Waals surface area contributed by atoms with E-state index in [0.29, 0.717) is 29.6 Å². The van der Waals surface area contributed by atoms with Gasteiger partial charge >= 0.3 is 5.97 Å². The Bertz CT molecular complexity index is 904. The minimum absolute atomic E-state index is 0.0837. The fourth-order valence-corrected chi connectivity index (χ4v) is 4.29. The molecule has 1 aromatic carbocycles.